The van der Waals surface area contributed by atoms with Crippen molar-refractivity contribution in [3.8, 4) is 0 Å². The van der Waals surface area contributed by atoms with E-state index in [2.05, 4.69) is 10.6 Å². The first kappa shape index (κ1) is 18.1. The zero-order valence-electron chi connectivity index (χ0n) is 12.2. The van der Waals surface area contributed by atoms with Gasteiger partial charge in [0.25, 0.3) is 0 Å². The van der Waals surface area contributed by atoms with E-state index in [-0.39, 0.29) is 5.91 Å². The van der Waals surface area contributed by atoms with Gasteiger partial charge < -0.3 is 10.6 Å². The summed E-state index contributed by atoms with van der Waals surface area (Å²) in [6, 6.07) is 7.54. The van der Waals surface area contributed by atoms with E-state index in [0.717, 1.165) is 40.0 Å². The zero-order valence-corrected chi connectivity index (χ0v) is 14.6. The van der Waals surface area contributed by atoms with Crippen LogP contribution in [0.25, 0.3) is 0 Å². The largest absolute Gasteiger partial charge is 0.371 e. The summed E-state index contributed by atoms with van der Waals surface area (Å²) in [6.07, 6.45) is 3.62. The molecule has 1 aromatic carbocycles. The van der Waals surface area contributed by atoms with Gasteiger partial charge in [0.2, 0.25) is 5.91 Å². The van der Waals surface area contributed by atoms with Crippen molar-refractivity contribution in [2.75, 3.05) is 23.9 Å². The van der Waals surface area contributed by atoms with Gasteiger partial charge in [-0.15, -0.1) is 0 Å². The van der Waals surface area contributed by atoms with E-state index in [9.17, 15) is 9.00 Å². The van der Waals surface area contributed by atoms with E-state index in [0.29, 0.717) is 0 Å². The molecule has 1 unspecified atom stereocenters. The number of benzene rings is 1. The maximum atomic E-state index is 10.9. The Labute approximate surface area is 137 Å². The number of rotatable bonds is 7. The van der Waals surface area contributed by atoms with Crippen molar-refractivity contribution < 1.29 is 9.00 Å². The summed E-state index contributed by atoms with van der Waals surface area (Å²) in [5.74, 6) is 0.659. The lowest BCUT2D eigenvalue weighted by Gasteiger charge is -2.08. The number of amides is 1. The summed E-state index contributed by atoms with van der Waals surface area (Å²) in [5.41, 5.74) is 0.776. The summed E-state index contributed by atoms with van der Waals surface area (Å²) >= 11 is 6.75. The second kappa shape index (κ2) is 9.92. The fraction of sp³-hybridized carbons (Fsp3) is 0.429. The van der Waals surface area contributed by atoms with E-state index in [1.165, 1.54) is 18.7 Å². The molecule has 1 rings (SSSR count). The van der Waals surface area contributed by atoms with Crippen LogP contribution in [-0.2, 0) is 15.6 Å². The minimum absolute atomic E-state index is 0.0828. The van der Waals surface area contributed by atoms with Gasteiger partial charge in [-0.05, 0) is 37.1 Å². The molecule has 1 aromatic rings. The topological polar surface area (TPSA) is 58.2 Å². The second-order valence-electron chi connectivity index (χ2n) is 4.51. The first-order valence-electron chi connectivity index (χ1n) is 6.61. The predicted octanol–water partition coefficient (Wildman–Crippen LogP) is 2.77. The third-order valence-corrected chi connectivity index (χ3v) is 4.61. The smallest absolute Gasteiger partial charge is 0.221 e. The molecular formula is C14H20N2O2S3. The second-order valence-corrected chi connectivity index (χ2v) is 7.81. The summed E-state index contributed by atoms with van der Waals surface area (Å²) in [5, 5.41) is 5.90. The number of unbranched alkanes of at least 4 members (excludes halogenated alkanes) is 1. The van der Waals surface area contributed by atoms with E-state index >= 15 is 0 Å². The number of hydrogen-bond donors (Lipinski definition) is 2. The molecule has 0 aliphatic carbocycles. The highest BCUT2D eigenvalue weighted by Gasteiger charge is 2.01. The molecule has 21 heavy (non-hydrogen) atoms. The van der Waals surface area contributed by atoms with Gasteiger partial charge in [-0.25, -0.2) is 0 Å². The van der Waals surface area contributed by atoms with Gasteiger partial charge in [0.1, 0.15) is 4.32 Å². The first-order chi connectivity index (χ1) is 9.97. The summed E-state index contributed by atoms with van der Waals surface area (Å²) in [6.45, 7) is 2.28. The van der Waals surface area contributed by atoms with Crippen molar-refractivity contribution in [2.45, 2.75) is 24.7 Å². The quantitative estimate of drug-likeness (QED) is 0.452. The van der Waals surface area contributed by atoms with Crippen LogP contribution in [-0.4, -0.2) is 33.0 Å². The lowest BCUT2D eigenvalue weighted by atomic mass is 10.3. The molecular weight excluding hydrogens is 324 g/mol. The molecule has 0 bridgehead atoms. The van der Waals surface area contributed by atoms with Crippen molar-refractivity contribution in [3.63, 3.8) is 0 Å². The maximum absolute atomic E-state index is 10.9. The molecule has 4 nitrogen and oxygen atoms in total. The molecule has 2 N–H and O–H groups in total. The minimum atomic E-state index is -0.714. The third-order valence-electron chi connectivity index (χ3n) is 2.51. The van der Waals surface area contributed by atoms with Gasteiger partial charge in [-0.3, -0.25) is 9.00 Å². The number of nitrogens with one attached hydrogen (secondary N) is 2. The zero-order chi connectivity index (χ0) is 15.7. The van der Waals surface area contributed by atoms with Gasteiger partial charge in [0.15, 0.2) is 0 Å². The molecule has 7 heteroatoms. The Hall–Kier alpha value is -0.920. The van der Waals surface area contributed by atoms with E-state index in [1.807, 2.05) is 24.3 Å². The summed E-state index contributed by atoms with van der Waals surface area (Å²) in [4.78, 5) is 11.9. The summed E-state index contributed by atoms with van der Waals surface area (Å²) in [7, 11) is -0.714. The highest BCUT2D eigenvalue weighted by Crippen LogP contribution is 2.21. The molecule has 1 atom stereocenters. The molecule has 0 heterocycles. The van der Waals surface area contributed by atoms with Gasteiger partial charge in [-0.1, -0.05) is 24.0 Å². The molecule has 0 spiro atoms. The van der Waals surface area contributed by atoms with Gasteiger partial charge in [0, 0.05) is 46.9 Å². The van der Waals surface area contributed by atoms with Gasteiger partial charge in [-0.2, -0.15) is 0 Å². The highest BCUT2D eigenvalue weighted by atomic mass is 32.2. The van der Waals surface area contributed by atoms with E-state index < -0.39 is 10.8 Å². The fourth-order valence-corrected chi connectivity index (χ4v) is 3.24. The number of anilines is 1. The van der Waals surface area contributed by atoms with Crippen LogP contribution in [0.3, 0.4) is 0 Å². The van der Waals surface area contributed by atoms with Crippen molar-refractivity contribution >= 4 is 50.7 Å². The van der Waals surface area contributed by atoms with Crippen LogP contribution in [0.1, 0.15) is 19.8 Å². The minimum Gasteiger partial charge on any atom is -0.371 e. The van der Waals surface area contributed by atoms with Crippen LogP contribution in [0.5, 0.6) is 0 Å². The fourth-order valence-electron chi connectivity index (χ4n) is 1.57. The van der Waals surface area contributed by atoms with E-state index in [4.69, 9.17) is 12.2 Å². The van der Waals surface area contributed by atoms with E-state index in [1.54, 1.807) is 6.26 Å². The first-order valence-corrected chi connectivity index (χ1v) is 9.56. The highest BCUT2D eigenvalue weighted by molar-refractivity contribution is 8.23. The molecule has 1 amide bonds. The molecule has 0 aromatic heterocycles. The Morgan fingerprint density at radius 3 is 2.52 bits per heavy atom. The molecule has 116 valence electrons. The number of carbonyl (C=O) groups is 1. The standard InChI is InChI=1S/C14H20N2O2S3/c1-11(17)16-12-5-7-13(8-6-12)20-14(19)15-9-3-4-10-21(2)18/h5-8H,3-4,9-10H2,1-2H3,(H,15,19)(H,16,17). The van der Waals surface area contributed by atoms with Crippen molar-refractivity contribution in [1.82, 2.24) is 5.32 Å². The average Bonchev–Trinajstić information content (AvgIpc) is 2.39. The molecule has 0 saturated carbocycles. The lowest BCUT2D eigenvalue weighted by molar-refractivity contribution is -0.114. The van der Waals surface area contributed by atoms with Crippen LogP contribution in [0.4, 0.5) is 5.69 Å². The van der Waals surface area contributed by atoms with Crippen molar-refractivity contribution in [2.24, 2.45) is 0 Å². The monoisotopic (exact) mass is 344 g/mol. The van der Waals surface area contributed by atoms with Crippen LogP contribution in [0, 0.1) is 0 Å². The number of carbonyl (C=O) groups excluding carboxylic acids is 1. The molecule has 0 radical (unpaired) electrons. The lowest BCUT2D eigenvalue weighted by Crippen LogP contribution is -2.19. The summed E-state index contributed by atoms with van der Waals surface area (Å²) < 4.78 is 11.6. The van der Waals surface area contributed by atoms with Crippen molar-refractivity contribution in [1.29, 1.82) is 0 Å². The van der Waals surface area contributed by atoms with Crippen LogP contribution in [0.2, 0.25) is 0 Å². The number of hydrogen-bond acceptors (Lipinski definition) is 4. The average molecular weight is 345 g/mol. The maximum Gasteiger partial charge on any atom is 0.221 e. The normalized spacial score (nSPS) is 11.7. The van der Waals surface area contributed by atoms with Crippen LogP contribution < -0.4 is 10.6 Å². The third kappa shape index (κ3) is 8.85. The van der Waals surface area contributed by atoms with Crippen LogP contribution >= 0.6 is 24.0 Å². The van der Waals surface area contributed by atoms with Crippen LogP contribution in [0.15, 0.2) is 29.2 Å². The molecule has 0 aliphatic rings. The predicted molar refractivity (Wildman–Crippen MR) is 95.4 cm³/mol. The Morgan fingerprint density at radius 1 is 1.29 bits per heavy atom. The molecule has 0 saturated heterocycles. The van der Waals surface area contributed by atoms with Gasteiger partial charge in [0.05, 0.1) is 0 Å². The Kier molecular flexibility index (Phi) is 8.56. The number of thiocarbonyl (C=S) groups is 1. The Bertz CT molecular complexity index is 503. The Morgan fingerprint density at radius 2 is 1.95 bits per heavy atom. The Balaban J connectivity index is 2.27. The van der Waals surface area contributed by atoms with Crippen molar-refractivity contribution in [3.05, 3.63) is 24.3 Å². The number of thioether (sulfide) groups is 1. The molecule has 0 fully saturated rings. The SMILES string of the molecule is CC(=O)Nc1ccc(SC(=S)NCCCCS(C)=O)cc1. The molecule has 0 aliphatic heterocycles. The van der Waals surface area contributed by atoms with Gasteiger partial charge >= 0.3 is 0 Å².